The smallest absolute Gasteiger partial charge is 0.254 e. The fourth-order valence-electron chi connectivity index (χ4n) is 1.52. The predicted octanol–water partition coefficient (Wildman–Crippen LogP) is 1.86. The highest BCUT2D eigenvalue weighted by molar-refractivity contribution is 5.95. The zero-order valence-corrected chi connectivity index (χ0v) is 9.88. The van der Waals surface area contributed by atoms with Gasteiger partial charge in [0.25, 0.3) is 5.91 Å². The maximum Gasteiger partial charge on any atom is 0.254 e. The molecule has 0 radical (unpaired) electrons. The first-order chi connectivity index (χ1) is 8.56. The van der Waals surface area contributed by atoms with Crippen molar-refractivity contribution in [2.45, 2.75) is 6.92 Å². The van der Waals surface area contributed by atoms with Crippen LogP contribution in [0, 0.1) is 6.92 Å². The lowest BCUT2D eigenvalue weighted by atomic mass is 10.2. The topological polar surface area (TPSA) is 91.2 Å². The summed E-state index contributed by atoms with van der Waals surface area (Å²) in [5.41, 5.74) is 12.4. The number of nitrogen functional groups attached to an aromatic ring is 1. The Bertz CT molecular complexity index is 597. The number of benzene rings is 1. The number of aromatic nitrogens is 1. The molecule has 0 spiro atoms. The van der Waals surface area contributed by atoms with Crippen LogP contribution in [-0.2, 0) is 0 Å². The molecule has 1 aromatic carbocycles. The summed E-state index contributed by atoms with van der Waals surface area (Å²) in [6.07, 6.45) is 1.41. The lowest BCUT2D eigenvalue weighted by Gasteiger charge is -2.08. The van der Waals surface area contributed by atoms with E-state index >= 15 is 0 Å². The molecule has 5 heteroatoms. The van der Waals surface area contributed by atoms with Crippen molar-refractivity contribution in [2.75, 3.05) is 5.73 Å². The maximum absolute atomic E-state index is 11.3. The van der Waals surface area contributed by atoms with Gasteiger partial charge in [-0.1, -0.05) is 12.1 Å². The van der Waals surface area contributed by atoms with Crippen LogP contribution in [0.15, 0.2) is 36.5 Å². The van der Waals surface area contributed by atoms with Crippen molar-refractivity contribution in [3.63, 3.8) is 0 Å². The van der Waals surface area contributed by atoms with Crippen molar-refractivity contribution in [3.05, 3.63) is 47.7 Å². The van der Waals surface area contributed by atoms with Crippen LogP contribution in [-0.4, -0.2) is 10.9 Å². The van der Waals surface area contributed by atoms with E-state index in [1.165, 1.54) is 12.3 Å². The second kappa shape index (κ2) is 4.75. The minimum atomic E-state index is -0.627. The number of hydrogen-bond donors (Lipinski definition) is 2. The number of carbonyl (C=O) groups is 1. The molecule has 0 aliphatic carbocycles. The van der Waals surface area contributed by atoms with E-state index in [-0.39, 0.29) is 11.4 Å². The Morgan fingerprint density at radius 1 is 1.33 bits per heavy atom. The first-order valence-electron chi connectivity index (χ1n) is 5.36. The number of carbonyl (C=O) groups excluding carboxylic acids is 1. The highest BCUT2D eigenvalue weighted by atomic mass is 16.5. The van der Waals surface area contributed by atoms with E-state index in [9.17, 15) is 4.79 Å². The van der Waals surface area contributed by atoms with Gasteiger partial charge < -0.3 is 16.2 Å². The molecule has 2 rings (SSSR count). The summed E-state index contributed by atoms with van der Waals surface area (Å²) < 4.78 is 5.54. The number of ether oxygens (including phenoxy) is 1. The molecule has 1 heterocycles. The van der Waals surface area contributed by atoms with Gasteiger partial charge in [0.1, 0.15) is 11.3 Å². The average molecular weight is 243 g/mol. The van der Waals surface area contributed by atoms with Gasteiger partial charge in [-0.05, 0) is 30.7 Å². The van der Waals surface area contributed by atoms with Gasteiger partial charge >= 0.3 is 0 Å². The van der Waals surface area contributed by atoms with Gasteiger partial charge in [0, 0.05) is 0 Å². The average Bonchev–Trinajstić information content (AvgIpc) is 2.31. The predicted molar refractivity (Wildman–Crippen MR) is 68.4 cm³/mol. The van der Waals surface area contributed by atoms with Crippen LogP contribution in [0.5, 0.6) is 11.6 Å². The summed E-state index contributed by atoms with van der Waals surface area (Å²) in [7, 11) is 0. The number of nitrogens with zero attached hydrogens (tertiary/aromatic N) is 1. The van der Waals surface area contributed by atoms with Crippen LogP contribution in [0.1, 0.15) is 15.9 Å². The minimum Gasteiger partial charge on any atom is -0.438 e. The van der Waals surface area contributed by atoms with E-state index in [2.05, 4.69) is 4.98 Å². The van der Waals surface area contributed by atoms with Gasteiger partial charge in [-0.25, -0.2) is 4.98 Å². The lowest BCUT2D eigenvalue weighted by molar-refractivity contribution is 0.0997. The van der Waals surface area contributed by atoms with Gasteiger partial charge in [-0.3, -0.25) is 4.79 Å². The first kappa shape index (κ1) is 11.9. The Morgan fingerprint density at radius 2 is 2.11 bits per heavy atom. The Morgan fingerprint density at radius 3 is 2.78 bits per heavy atom. The largest absolute Gasteiger partial charge is 0.438 e. The molecule has 18 heavy (non-hydrogen) atoms. The molecule has 5 nitrogen and oxygen atoms in total. The number of anilines is 1. The molecule has 0 atom stereocenters. The summed E-state index contributed by atoms with van der Waals surface area (Å²) in [6, 6.07) is 8.85. The zero-order chi connectivity index (χ0) is 13.1. The number of amides is 1. The second-order valence-electron chi connectivity index (χ2n) is 3.90. The maximum atomic E-state index is 11.3. The van der Waals surface area contributed by atoms with E-state index in [1.807, 2.05) is 25.1 Å². The molecular formula is C13H13N3O2. The van der Waals surface area contributed by atoms with Crippen molar-refractivity contribution in [3.8, 4) is 11.6 Å². The van der Waals surface area contributed by atoms with Crippen LogP contribution in [0.25, 0.3) is 0 Å². The van der Waals surface area contributed by atoms with E-state index in [0.717, 1.165) is 5.56 Å². The standard InChI is InChI=1S/C13H13N3O2/c1-8-3-2-4-10(5-8)18-13-11(12(15)17)6-9(14)7-16-13/h2-7H,14H2,1H3,(H2,15,17). The van der Waals surface area contributed by atoms with Crippen LogP contribution < -0.4 is 16.2 Å². The van der Waals surface area contributed by atoms with Crippen molar-refractivity contribution in [1.29, 1.82) is 0 Å². The number of nitrogens with two attached hydrogens (primary N) is 2. The number of hydrogen-bond acceptors (Lipinski definition) is 4. The number of primary amides is 1. The van der Waals surface area contributed by atoms with Crippen LogP contribution in [0.2, 0.25) is 0 Å². The quantitative estimate of drug-likeness (QED) is 0.860. The van der Waals surface area contributed by atoms with Gasteiger partial charge in [-0.2, -0.15) is 0 Å². The summed E-state index contributed by atoms with van der Waals surface area (Å²) in [4.78, 5) is 15.3. The number of rotatable bonds is 3. The van der Waals surface area contributed by atoms with E-state index < -0.39 is 5.91 Å². The second-order valence-corrected chi connectivity index (χ2v) is 3.90. The highest BCUT2D eigenvalue weighted by Gasteiger charge is 2.12. The molecule has 0 bridgehead atoms. The van der Waals surface area contributed by atoms with E-state index in [0.29, 0.717) is 11.4 Å². The summed E-state index contributed by atoms with van der Waals surface area (Å²) >= 11 is 0. The van der Waals surface area contributed by atoms with Gasteiger partial charge in [0.05, 0.1) is 11.9 Å². The third kappa shape index (κ3) is 2.57. The fraction of sp³-hybridized carbons (Fsp3) is 0.0769. The Labute approximate surface area is 104 Å². The normalized spacial score (nSPS) is 10.1. The van der Waals surface area contributed by atoms with Gasteiger partial charge in [-0.15, -0.1) is 0 Å². The lowest BCUT2D eigenvalue weighted by Crippen LogP contribution is -2.13. The molecule has 0 unspecified atom stereocenters. The Balaban J connectivity index is 2.37. The molecule has 1 aromatic heterocycles. The molecule has 0 aliphatic heterocycles. The molecule has 92 valence electrons. The number of aryl methyl sites for hydroxylation is 1. The van der Waals surface area contributed by atoms with Crippen LogP contribution >= 0.6 is 0 Å². The third-order valence-electron chi connectivity index (χ3n) is 2.34. The van der Waals surface area contributed by atoms with Gasteiger partial charge in [0.15, 0.2) is 0 Å². The SMILES string of the molecule is Cc1cccc(Oc2ncc(N)cc2C(N)=O)c1. The molecule has 4 N–H and O–H groups in total. The van der Waals surface area contributed by atoms with Crippen molar-refractivity contribution >= 4 is 11.6 Å². The Kier molecular flexibility index (Phi) is 3.14. The third-order valence-corrected chi connectivity index (χ3v) is 2.34. The van der Waals surface area contributed by atoms with Crippen molar-refractivity contribution in [1.82, 2.24) is 4.98 Å². The Hall–Kier alpha value is -2.56. The molecule has 2 aromatic rings. The first-order valence-corrected chi connectivity index (χ1v) is 5.36. The molecule has 0 aliphatic rings. The molecule has 0 saturated heterocycles. The monoisotopic (exact) mass is 243 g/mol. The molecule has 0 fully saturated rings. The summed E-state index contributed by atoms with van der Waals surface area (Å²) in [6.45, 7) is 1.94. The summed E-state index contributed by atoms with van der Waals surface area (Å²) in [5, 5.41) is 0. The fourth-order valence-corrected chi connectivity index (χ4v) is 1.52. The highest BCUT2D eigenvalue weighted by Crippen LogP contribution is 2.24. The summed E-state index contributed by atoms with van der Waals surface area (Å²) in [5.74, 6) is 0.120. The molecule has 0 saturated carbocycles. The van der Waals surface area contributed by atoms with Crippen LogP contribution in [0.3, 0.4) is 0 Å². The molecule has 1 amide bonds. The zero-order valence-electron chi connectivity index (χ0n) is 9.88. The van der Waals surface area contributed by atoms with Crippen LogP contribution in [0.4, 0.5) is 5.69 Å². The molecular weight excluding hydrogens is 230 g/mol. The van der Waals surface area contributed by atoms with Gasteiger partial charge in [0.2, 0.25) is 5.88 Å². The van der Waals surface area contributed by atoms with E-state index in [1.54, 1.807) is 6.07 Å². The van der Waals surface area contributed by atoms with Crippen molar-refractivity contribution < 1.29 is 9.53 Å². The van der Waals surface area contributed by atoms with Crippen molar-refractivity contribution in [2.24, 2.45) is 5.73 Å². The van der Waals surface area contributed by atoms with E-state index in [4.69, 9.17) is 16.2 Å². The minimum absolute atomic E-state index is 0.155. The number of pyridine rings is 1.